The summed E-state index contributed by atoms with van der Waals surface area (Å²) in [5.41, 5.74) is 1.37. The molecule has 0 atom stereocenters. The molecule has 0 unspecified atom stereocenters. The van der Waals surface area contributed by atoms with Crippen LogP contribution in [0.2, 0.25) is 0 Å². The van der Waals surface area contributed by atoms with E-state index in [0.717, 1.165) is 17.3 Å². The Bertz CT molecular complexity index is 914. The van der Waals surface area contributed by atoms with Gasteiger partial charge in [-0.25, -0.2) is 0 Å². The molecule has 0 N–H and O–H groups in total. The average molecular weight is 441 g/mol. The third-order valence-corrected chi connectivity index (χ3v) is 5.84. The highest BCUT2D eigenvalue weighted by Crippen LogP contribution is 2.31. The molecule has 28 heavy (non-hydrogen) atoms. The fourth-order valence-corrected chi connectivity index (χ4v) is 3.78. The maximum atomic E-state index is 13.1. The molecule has 1 aliphatic heterocycles. The van der Waals surface area contributed by atoms with Gasteiger partial charge in [-0.3, -0.25) is 14.4 Å². The molecule has 144 valence electrons. The van der Waals surface area contributed by atoms with Crippen LogP contribution in [-0.2, 0) is 4.79 Å². The molecule has 2 amide bonds. The molecular formula is C22H21BrN2O3. The SMILES string of the molecule is O=C(c1ccc(Br)cc1)c1ccccc1C(=O)N1CCN(C(=O)C2CC2)CC1. The molecule has 0 bridgehead atoms. The molecule has 5 nitrogen and oxygen atoms in total. The van der Waals surface area contributed by atoms with Crippen LogP contribution in [0.5, 0.6) is 0 Å². The number of carbonyl (C=O) groups excluding carboxylic acids is 3. The van der Waals surface area contributed by atoms with Crippen LogP contribution >= 0.6 is 15.9 Å². The Labute approximate surface area is 172 Å². The number of nitrogens with zero attached hydrogens (tertiary/aromatic N) is 2. The molecule has 0 radical (unpaired) electrons. The number of benzene rings is 2. The van der Waals surface area contributed by atoms with Gasteiger partial charge >= 0.3 is 0 Å². The van der Waals surface area contributed by atoms with Gasteiger partial charge in [0.05, 0.1) is 5.56 Å². The van der Waals surface area contributed by atoms with Crippen molar-refractivity contribution in [3.05, 3.63) is 69.7 Å². The zero-order chi connectivity index (χ0) is 19.7. The predicted molar refractivity (Wildman–Crippen MR) is 109 cm³/mol. The third-order valence-electron chi connectivity index (χ3n) is 5.31. The number of hydrogen-bond acceptors (Lipinski definition) is 3. The van der Waals surface area contributed by atoms with Gasteiger partial charge in [-0.15, -0.1) is 0 Å². The van der Waals surface area contributed by atoms with Crippen LogP contribution in [0.4, 0.5) is 0 Å². The van der Waals surface area contributed by atoms with E-state index < -0.39 is 0 Å². The van der Waals surface area contributed by atoms with Crippen LogP contribution < -0.4 is 0 Å². The summed E-state index contributed by atoms with van der Waals surface area (Å²) in [6.45, 7) is 2.12. The molecule has 0 aromatic heterocycles. The van der Waals surface area contributed by atoms with E-state index in [1.54, 1.807) is 41.3 Å². The summed E-state index contributed by atoms with van der Waals surface area (Å²) < 4.78 is 0.895. The van der Waals surface area contributed by atoms with Gasteiger partial charge in [0, 0.05) is 47.7 Å². The molecule has 1 heterocycles. The minimum Gasteiger partial charge on any atom is -0.339 e. The number of ketones is 1. The van der Waals surface area contributed by atoms with Crippen LogP contribution in [0.3, 0.4) is 0 Å². The second-order valence-corrected chi connectivity index (χ2v) is 8.19. The lowest BCUT2D eigenvalue weighted by atomic mass is 9.97. The fourth-order valence-electron chi connectivity index (χ4n) is 3.51. The Morgan fingerprint density at radius 2 is 1.36 bits per heavy atom. The Kier molecular flexibility index (Phi) is 5.31. The van der Waals surface area contributed by atoms with Crippen LogP contribution in [0.25, 0.3) is 0 Å². The molecule has 1 saturated heterocycles. The summed E-state index contributed by atoms with van der Waals surface area (Å²) in [5.74, 6) is 0.100. The lowest BCUT2D eigenvalue weighted by molar-refractivity contribution is -0.134. The second kappa shape index (κ2) is 7.87. The van der Waals surface area contributed by atoms with E-state index in [2.05, 4.69) is 15.9 Å². The number of carbonyl (C=O) groups is 3. The minimum absolute atomic E-state index is 0.153. The van der Waals surface area contributed by atoms with E-state index >= 15 is 0 Å². The zero-order valence-corrected chi connectivity index (χ0v) is 17.0. The average Bonchev–Trinajstić information content (AvgIpc) is 3.58. The van der Waals surface area contributed by atoms with Crippen LogP contribution in [0, 0.1) is 5.92 Å². The van der Waals surface area contributed by atoms with Crippen molar-refractivity contribution in [3.63, 3.8) is 0 Å². The van der Waals surface area contributed by atoms with E-state index in [9.17, 15) is 14.4 Å². The normalized spacial score (nSPS) is 16.8. The highest BCUT2D eigenvalue weighted by molar-refractivity contribution is 9.10. The first-order chi connectivity index (χ1) is 13.5. The number of piperazine rings is 1. The van der Waals surface area contributed by atoms with Gasteiger partial charge in [0.15, 0.2) is 5.78 Å². The minimum atomic E-state index is -0.168. The molecule has 1 aliphatic carbocycles. The summed E-state index contributed by atoms with van der Waals surface area (Å²) in [6.07, 6.45) is 1.98. The largest absolute Gasteiger partial charge is 0.339 e. The van der Waals surface area contributed by atoms with Crippen LogP contribution in [0.15, 0.2) is 53.0 Å². The molecule has 1 saturated carbocycles. The Balaban J connectivity index is 1.50. The van der Waals surface area contributed by atoms with E-state index in [-0.39, 0.29) is 23.5 Å². The number of amides is 2. The summed E-state index contributed by atoms with van der Waals surface area (Å²) in [7, 11) is 0. The Morgan fingerprint density at radius 3 is 1.96 bits per heavy atom. The van der Waals surface area contributed by atoms with Gasteiger partial charge in [-0.1, -0.05) is 34.1 Å². The first-order valence-corrected chi connectivity index (χ1v) is 10.3. The fraction of sp³-hybridized carbons (Fsp3) is 0.318. The third kappa shape index (κ3) is 3.87. The quantitative estimate of drug-likeness (QED) is 0.684. The van der Waals surface area contributed by atoms with Gasteiger partial charge in [0.1, 0.15) is 0 Å². The number of rotatable bonds is 4. The Hall–Kier alpha value is -2.47. The van der Waals surface area contributed by atoms with Crippen molar-refractivity contribution in [1.82, 2.24) is 9.80 Å². The zero-order valence-electron chi connectivity index (χ0n) is 15.4. The first-order valence-electron chi connectivity index (χ1n) is 9.52. The van der Waals surface area contributed by atoms with Crippen LogP contribution in [-0.4, -0.2) is 53.6 Å². The van der Waals surface area contributed by atoms with E-state index in [4.69, 9.17) is 0 Å². The van der Waals surface area contributed by atoms with Crippen molar-refractivity contribution in [1.29, 1.82) is 0 Å². The van der Waals surface area contributed by atoms with Gasteiger partial charge < -0.3 is 9.80 Å². The van der Waals surface area contributed by atoms with Gasteiger partial charge in [0.25, 0.3) is 5.91 Å². The van der Waals surface area contributed by atoms with Gasteiger partial charge in [-0.2, -0.15) is 0 Å². The van der Waals surface area contributed by atoms with Gasteiger partial charge in [-0.05, 0) is 43.2 Å². The standard InChI is InChI=1S/C22H21BrN2O3/c23-17-9-7-15(8-10-17)20(26)18-3-1-2-4-19(18)22(28)25-13-11-24(12-14-25)21(27)16-5-6-16/h1-4,7-10,16H,5-6,11-14H2. The molecule has 2 fully saturated rings. The highest BCUT2D eigenvalue weighted by atomic mass is 79.9. The maximum Gasteiger partial charge on any atom is 0.254 e. The maximum absolute atomic E-state index is 13.1. The highest BCUT2D eigenvalue weighted by Gasteiger charge is 2.35. The summed E-state index contributed by atoms with van der Waals surface area (Å²) in [5, 5.41) is 0. The smallest absolute Gasteiger partial charge is 0.254 e. The summed E-state index contributed by atoms with van der Waals surface area (Å²) >= 11 is 3.37. The van der Waals surface area contributed by atoms with Crippen molar-refractivity contribution < 1.29 is 14.4 Å². The van der Waals surface area contributed by atoms with E-state index in [0.29, 0.717) is 42.9 Å². The van der Waals surface area contributed by atoms with Crippen LogP contribution in [0.1, 0.15) is 39.1 Å². The molecule has 2 aliphatic rings. The van der Waals surface area contributed by atoms with Gasteiger partial charge in [0.2, 0.25) is 5.91 Å². The molecule has 0 spiro atoms. The monoisotopic (exact) mass is 440 g/mol. The topological polar surface area (TPSA) is 57.7 Å². The van der Waals surface area contributed by atoms with Crippen molar-refractivity contribution in [2.24, 2.45) is 5.92 Å². The van der Waals surface area contributed by atoms with Crippen molar-refractivity contribution in [2.75, 3.05) is 26.2 Å². The molecule has 2 aromatic rings. The van der Waals surface area contributed by atoms with E-state index in [1.165, 1.54) is 0 Å². The Morgan fingerprint density at radius 1 is 0.786 bits per heavy atom. The molecule has 4 rings (SSSR count). The summed E-state index contributed by atoms with van der Waals surface area (Å²) in [6, 6.07) is 14.1. The number of halogens is 1. The molecule has 2 aromatic carbocycles. The first kappa shape index (κ1) is 18.9. The second-order valence-electron chi connectivity index (χ2n) is 7.27. The molecular weight excluding hydrogens is 420 g/mol. The van der Waals surface area contributed by atoms with Crippen molar-refractivity contribution in [2.45, 2.75) is 12.8 Å². The predicted octanol–water partition coefficient (Wildman–Crippen LogP) is 3.37. The molecule has 6 heteroatoms. The van der Waals surface area contributed by atoms with Crippen molar-refractivity contribution in [3.8, 4) is 0 Å². The lowest BCUT2D eigenvalue weighted by Gasteiger charge is -2.35. The summed E-state index contributed by atoms with van der Waals surface area (Å²) in [4.78, 5) is 41.9. The number of hydrogen-bond donors (Lipinski definition) is 0. The lowest BCUT2D eigenvalue weighted by Crippen LogP contribution is -2.51. The van der Waals surface area contributed by atoms with E-state index in [1.807, 2.05) is 17.0 Å². The van der Waals surface area contributed by atoms with Crippen molar-refractivity contribution >= 4 is 33.5 Å².